The van der Waals surface area contributed by atoms with E-state index in [2.05, 4.69) is 15.3 Å². The molecule has 1 fully saturated rings. The van der Waals surface area contributed by atoms with Crippen molar-refractivity contribution in [1.82, 2.24) is 20.2 Å². The molecule has 1 aliphatic rings. The number of carbonyl (C=O) groups is 1. The third kappa shape index (κ3) is 4.64. The zero-order chi connectivity index (χ0) is 15.5. The Balaban J connectivity index is 1.85. The maximum atomic E-state index is 12.0. The number of carbonyl (C=O) groups excluding carboxylic acids is 1. The molecular weight excluding hydrogens is 272 g/mol. The smallest absolute Gasteiger partial charge is 0.410 e. The number of aliphatic hydroxyl groups is 1. The molecule has 2 N–H and O–H groups in total. The number of amides is 1. The van der Waals surface area contributed by atoms with Crippen molar-refractivity contribution < 1.29 is 14.6 Å². The maximum Gasteiger partial charge on any atom is 0.410 e. The van der Waals surface area contributed by atoms with Gasteiger partial charge in [0.05, 0.1) is 25.2 Å². The van der Waals surface area contributed by atoms with Gasteiger partial charge in [-0.05, 0) is 26.8 Å². The molecular formula is C14H22N4O3. The highest BCUT2D eigenvalue weighted by Gasteiger charge is 2.35. The minimum absolute atomic E-state index is 0.207. The summed E-state index contributed by atoms with van der Waals surface area (Å²) < 4.78 is 5.30. The molecule has 1 amide bonds. The fraction of sp³-hybridized carbons (Fsp3) is 0.643. The predicted octanol–water partition coefficient (Wildman–Crippen LogP) is 0.546. The molecule has 0 unspecified atom stereocenters. The fourth-order valence-electron chi connectivity index (χ4n) is 2.11. The maximum absolute atomic E-state index is 12.0. The third-order valence-electron chi connectivity index (χ3n) is 3.08. The molecule has 0 bridgehead atoms. The van der Waals surface area contributed by atoms with E-state index in [0.29, 0.717) is 18.9 Å². The zero-order valence-electron chi connectivity index (χ0n) is 12.6. The lowest BCUT2D eigenvalue weighted by Gasteiger charge is -2.24. The Kier molecular flexibility index (Phi) is 4.74. The van der Waals surface area contributed by atoms with Crippen LogP contribution in [0.2, 0.25) is 0 Å². The first-order chi connectivity index (χ1) is 9.85. The normalized spacial score (nSPS) is 22.4. The van der Waals surface area contributed by atoms with Gasteiger partial charge in [0, 0.05) is 18.9 Å². The summed E-state index contributed by atoms with van der Waals surface area (Å²) in [7, 11) is 0. The van der Waals surface area contributed by atoms with Crippen molar-refractivity contribution in [2.45, 2.75) is 45.1 Å². The summed E-state index contributed by atoms with van der Waals surface area (Å²) in [6.07, 6.45) is 2.31. The van der Waals surface area contributed by atoms with Crippen LogP contribution in [0.25, 0.3) is 0 Å². The standard InChI is InChI=1S/C14H22N4O3/c1-14(2,3)21-13(20)18-8-10(11(19)9-18)17-7-12-15-5-4-6-16-12/h4-6,10-11,17,19H,7-9H2,1-3H3/t10-,11-/m1/s1. The van der Waals surface area contributed by atoms with Crippen LogP contribution in [-0.4, -0.2) is 56.9 Å². The Morgan fingerprint density at radius 2 is 2.10 bits per heavy atom. The van der Waals surface area contributed by atoms with Crippen molar-refractivity contribution >= 4 is 6.09 Å². The molecule has 21 heavy (non-hydrogen) atoms. The van der Waals surface area contributed by atoms with E-state index in [0.717, 1.165) is 0 Å². The Labute approximate surface area is 124 Å². The van der Waals surface area contributed by atoms with Crippen LogP contribution in [0.5, 0.6) is 0 Å². The second-order valence-corrected chi connectivity index (χ2v) is 6.11. The topological polar surface area (TPSA) is 87.6 Å². The van der Waals surface area contributed by atoms with E-state index >= 15 is 0 Å². The van der Waals surface area contributed by atoms with Gasteiger partial charge in [0.1, 0.15) is 11.4 Å². The number of rotatable bonds is 3. The van der Waals surface area contributed by atoms with E-state index < -0.39 is 17.8 Å². The zero-order valence-corrected chi connectivity index (χ0v) is 12.6. The van der Waals surface area contributed by atoms with Gasteiger partial charge in [-0.2, -0.15) is 0 Å². The van der Waals surface area contributed by atoms with E-state index in [1.807, 2.05) is 20.8 Å². The van der Waals surface area contributed by atoms with E-state index in [9.17, 15) is 9.90 Å². The molecule has 7 nitrogen and oxygen atoms in total. The van der Waals surface area contributed by atoms with Crippen LogP contribution in [0.3, 0.4) is 0 Å². The highest BCUT2D eigenvalue weighted by Crippen LogP contribution is 2.16. The van der Waals surface area contributed by atoms with Crippen LogP contribution in [0.4, 0.5) is 4.79 Å². The Bertz CT molecular complexity index is 475. The predicted molar refractivity (Wildman–Crippen MR) is 76.5 cm³/mol. The van der Waals surface area contributed by atoms with Crippen molar-refractivity contribution in [2.24, 2.45) is 0 Å². The van der Waals surface area contributed by atoms with E-state index in [-0.39, 0.29) is 12.6 Å². The lowest BCUT2D eigenvalue weighted by molar-refractivity contribution is 0.0270. The van der Waals surface area contributed by atoms with E-state index in [1.165, 1.54) is 4.90 Å². The van der Waals surface area contributed by atoms with Crippen LogP contribution in [0.1, 0.15) is 26.6 Å². The number of aliphatic hydroxyl groups excluding tert-OH is 1. The van der Waals surface area contributed by atoms with Gasteiger partial charge in [0.15, 0.2) is 0 Å². The van der Waals surface area contributed by atoms with Gasteiger partial charge in [0.2, 0.25) is 0 Å². The van der Waals surface area contributed by atoms with Crippen molar-refractivity contribution in [3.05, 3.63) is 24.3 Å². The lowest BCUT2D eigenvalue weighted by atomic mass is 10.2. The van der Waals surface area contributed by atoms with Crippen molar-refractivity contribution in [3.63, 3.8) is 0 Å². The van der Waals surface area contributed by atoms with Crippen LogP contribution in [0, 0.1) is 0 Å². The number of aromatic nitrogens is 2. The monoisotopic (exact) mass is 294 g/mol. The summed E-state index contributed by atoms with van der Waals surface area (Å²) in [6, 6.07) is 1.54. The van der Waals surface area contributed by atoms with Gasteiger partial charge in [-0.1, -0.05) is 0 Å². The van der Waals surface area contributed by atoms with Crippen LogP contribution in [0.15, 0.2) is 18.5 Å². The summed E-state index contributed by atoms with van der Waals surface area (Å²) in [4.78, 5) is 21.7. The minimum atomic E-state index is -0.624. The highest BCUT2D eigenvalue weighted by atomic mass is 16.6. The molecule has 116 valence electrons. The van der Waals surface area contributed by atoms with Crippen LogP contribution >= 0.6 is 0 Å². The van der Waals surface area contributed by atoms with Crippen molar-refractivity contribution in [2.75, 3.05) is 13.1 Å². The second kappa shape index (κ2) is 6.36. The molecule has 0 saturated carbocycles. The first-order valence-corrected chi connectivity index (χ1v) is 7.00. The molecule has 1 aromatic rings. The first kappa shape index (κ1) is 15.7. The molecule has 1 aromatic heterocycles. The molecule has 0 spiro atoms. The number of nitrogens with one attached hydrogen (secondary N) is 1. The number of ether oxygens (including phenoxy) is 1. The summed E-state index contributed by atoms with van der Waals surface area (Å²) >= 11 is 0. The van der Waals surface area contributed by atoms with Crippen molar-refractivity contribution in [1.29, 1.82) is 0 Å². The third-order valence-corrected chi connectivity index (χ3v) is 3.08. The Hall–Kier alpha value is -1.73. The SMILES string of the molecule is CC(C)(C)OC(=O)N1C[C@@H](O)[C@H](NCc2ncccn2)C1. The van der Waals surface area contributed by atoms with Gasteiger partial charge in [-0.3, -0.25) is 0 Å². The summed E-state index contributed by atoms with van der Waals surface area (Å²) in [5.74, 6) is 0.653. The van der Waals surface area contributed by atoms with Crippen LogP contribution < -0.4 is 5.32 Å². The lowest BCUT2D eigenvalue weighted by Crippen LogP contribution is -2.40. The molecule has 2 rings (SSSR count). The molecule has 1 aliphatic heterocycles. The summed E-state index contributed by atoms with van der Waals surface area (Å²) in [5.41, 5.74) is -0.536. The number of β-amino-alcohol motifs (C(OH)–C–C–N with tert-alkyl or cyclic N) is 1. The molecule has 0 aliphatic carbocycles. The van der Waals surface area contributed by atoms with Gasteiger partial charge >= 0.3 is 6.09 Å². The number of hydrogen-bond donors (Lipinski definition) is 2. The largest absolute Gasteiger partial charge is 0.444 e. The molecule has 0 aromatic carbocycles. The second-order valence-electron chi connectivity index (χ2n) is 6.11. The Morgan fingerprint density at radius 3 is 2.71 bits per heavy atom. The van der Waals surface area contributed by atoms with E-state index in [4.69, 9.17) is 4.74 Å². The Morgan fingerprint density at radius 1 is 1.43 bits per heavy atom. The first-order valence-electron chi connectivity index (χ1n) is 7.00. The molecule has 0 radical (unpaired) electrons. The number of likely N-dealkylation sites (tertiary alicyclic amines) is 1. The van der Waals surface area contributed by atoms with Gasteiger partial charge in [-0.15, -0.1) is 0 Å². The van der Waals surface area contributed by atoms with E-state index in [1.54, 1.807) is 18.5 Å². The fourth-order valence-corrected chi connectivity index (χ4v) is 2.11. The summed E-state index contributed by atoms with van der Waals surface area (Å²) in [6.45, 7) is 6.58. The van der Waals surface area contributed by atoms with Crippen LogP contribution in [-0.2, 0) is 11.3 Å². The van der Waals surface area contributed by atoms with Gasteiger partial charge < -0.3 is 20.1 Å². The molecule has 7 heteroatoms. The highest BCUT2D eigenvalue weighted by molar-refractivity contribution is 5.68. The molecule has 2 heterocycles. The summed E-state index contributed by atoms with van der Waals surface area (Å²) in [5, 5.41) is 13.2. The minimum Gasteiger partial charge on any atom is -0.444 e. The van der Waals surface area contributed by atoms with Crippen molar-refractivity contribution in [3.8, 4) is 0 Å². The molecule has 2 atom stereocenters. The number of hydrogen-bond acceptors (Lipinski definition) is 6. The molecule has 1 saturated heterocycles. The average molecular weight is 294 g/mol. The number of nitrogens with zero attached hydrogens (tertiary/aromatic N) is 3. The average Bonchev–Trinajstić information content (AvgIpc) is 2.77. The van der Waals surface area contributed by atoms with Gasteiger partial charge in [0.25, 0.3) is 0 Å². The quantitative estimate of drug-likeness (QED) is 0.846. The van der Waals surface area contributed by atoms with Gasteiger partial charge in [-0.25, -0.2) is 14.8 Å².